The minimum atomic E-state index is -0.914. The summed E-state index contributed by atoms with van der Waals surface area (Å²) >= 11 is 7.06. The number of nitrogens with zero attached hydrogens (tertiary/aromatic N) is 5. The van der Waals surface area contributed by atoms with Crippen LogP contribution in [0.4, 0.5) is 0 Å². The molecule has 2 saturated heterocycles. The van der Waals surface area contributed by atoms with Crippen LogP contribution in [0, 0.1) is 19.8 Å². The fourth-order valence-electron chi connectivity index (χ4n) is 8.23. The number of fused-ring (bicyclic) bond motifs is 2. The van der Waals surface area contributed by atoms with Gasteiger partial charge in [0.1, 0.15) is 11.4 Å². The minimum absolute atomic E-state index is 0.349. The zero-order valence-corrected chi connectivity index (χ0v) is 30.3. The molecule has 9 nitrogen and oxygen atoms in total. The molecule has 264 valence electrons. The van der Waals surface area contributed by atoms with Gasteiger partial charge in [0, 0.05) is 80.5 Å². The maximum absolute atomic E-state index is 13.2. The number of piperazine rings is 1. The van der Waals surface area contributed by atoms with Crippen LogP contribution in [0.2, 0.25) is 5.02 Å². The number of likely N-dealkylation sites (tertiary alicyclic amines) is 1. The summed E-state index contributed by atoms with van der Waals surface area (Å²) in [6.07, 6.45) is 3.59. The lowest BCUT2D eigenvalue weighted by Gasteiger charge is -2.36. The average Bonchev–Trinajstić information content (AvgIpc) is 3.57. The predicted molar refractivity (Wildman–Crippen MR) is 202 cm³/mol. The van der Waals surface area contributed by atoms with Gasteiger partial charge in [-0.25, -0.2) is 4.79 Å². The second-order valence-corrected chi connectivity index (χ2v) is 14.4. The summed E-state index contributed by atoms with van der Waals surface area (Å²) in [4.78, 5) is 18.4. The molecule has 0 radical (unpaired) electrons. The fraction of sp³-hybridized carbons (Fsp3) is 0.450. The number of aryl methyl sites for hydroxylation is 3. The van der Waals surface area contributed by atoms with E-state index in [1.165, 1.54) is 19.4 Å². The number of halogens is 1. The molecule has 7 rings (SSSR count). The highest BCUT2D eigenvalue weighted by Gasteiger charge is 2.29. The van der Waals surface area contributed by atoms with Gasteiger partial charge in [0.15, 0.2) is 0 Å². The van der Waals surface area contributed by atoms with Crippen molar-refractivity contribution in [3.63, 3.8) is 0 Å². The summed E-state index contributed by atoms with van der Waals surface area (Å²) in [5, 5.41) is 22.8. The van der Waals surface area contributed by atoms with E-state index in [-0.39, 0.29) is 0 Å². The normalized spacial score (nSPS) is 16.5. The maximum atomic E-state index is 13.2. The lowest BCUT2D eigenvalue weighted by Crippen LogP contribution is -2.47. The van der Waals surface area contributed by atoms with Gasteiger partial charge in [-0.2, -0.15) is 5.10 Å². The molecule has 50 heavy (non-hydrogen) atoms. The maximum Gasteiger partial charge on any atom is 0.352 e. The van der Waals surface area contributed by atoms with Gasteiger partial charge in [-0.05, 0) is 81.6 Å². The molecule has 0 amide bonds. The van der Waals surface area contributed by atoms with E-state index in [0.29, 0.717) is 36.7 Å². The van der Waals surface area contributed by atoms with E-state index in [0.717, 1.165) is 107 Å². The Bertz CT molecular complexity index is 1980. The lowest BCUT2D eigenvalue weighted by atomic mass is 9.96. The highest BCUT2D eigenvalue weighted by Crippen LogP contribution is 2.42. The Morgan fingerprint density at radius 1 is 0.940 bits per heavy atom. The van der Waals surface area contributed by atoms with Crippen LogP contribution in [-0.4, -0.2) is 94.2 Å². The molecule has 0 spiro atoms. The molecule has 2 aliphatic rings. The number of benzene rings is 3. The van der Waals surface area contributed by atoms with Crippen LogP contribution in [0.1, 0.15) is 46.7 Å². The molecule has 3 aromatic carbocycles. The summed E-state index contributed by atoms with van der Waals surface area (Å²) in [5.74, 6) is 0.649. The first kappa shape index (κ1) is 34.6. The van der Waals surface area contributed by atoms with Crippen LogP contribution >= 0.6 is 11.6 Å². The van der Waals surface area contributed by atoms with Gasteiger partial charge in [0.2, 0.25) is 0 Å². The summed E-state index contributed by atoms with van der Waals surface area (Å²) in [5.41, 5.74) is 5.77. The molecule has 0 unspecified atom stereocenters. The zero-order chi connectivity index (χ0) is 34.8. The molecule has 2 N–H and O–H groups in total. The van der Waals surface area contributed by atoms with Crippen molar-refractivity contribution in [1.82, 2.24) is 29.5 Å². The first-order chi connectivity index (χ1) is 24.3. The molecule has 0 saturated carbocycles. The van der Waals surface area contributed by atoms with Gasteiger partial charge in [-0.1, -0.05) is 54.1 Å². The third kappa shape index (κ3) is 7.01. The smallest absolute Gasteiger partial charge is 0.352 e. The van der Waals surface area contributed by atoms with E-state index in [9.17, 15) is 9.90 Å². The predicted octanol–water partition coefficient (Wildman–Crippen LogP) is 6.79. The molecule has 0 atom stereocenters. The Kier molecular flexibility index (Phi) is 10.5. The van der Waals surface area contributed by atoms with E-state index < -0.39 is 5.97 Å². The Morgan fingerprint density at radius 2 is 1.70 bits per heavy atom. The molecule has 0 bridgehead atoms. The number of rotatable bonds is 12. The quantitative estimate of drug-likeness (QED) is 0.139. The molecule has 0 aliphatic carbocycles. The lowest BCUT2D eigenvalue weighted by molar-refractivity contribution is 0.0682. The molecule has 2 fully saturated rings. The second kappa shape index (κ2) is 15.2. The molecule has 2 aromatic heterocycles. The Hall–Kier alpha value is -3.89. The third-order valence-corrected chi connectivity index (χ3v) is 11.2. The van der Waals surface area contributed by atoms with Crippen molar-refractivity contribution in [1.29, 1.82) is 0 Å². The van der Waals surface area contributed by atoms with Crippen molar-refractivity contribution in [2.24, 2.45) is 13.0 Å². The first-order valence-corrected chi connectivity index (χ1v) is 18.5. The first-order valence-electron chi connectivity index (χ1n) is 18.1. The zero-order valence-electron chi connectivity index (χ0n) is 29.6. The van der Waals surface area contributed by atoms with E-state index >= 15 is 0 Å². The van der Waals surface area contributed by atoms with Crippen LogP contribution in [-0.2, 0) is 20.0 Å². The second-order valence-electron chi connectivity index (χ2n) is 14.0. The van der Waals surface area contributed by atoms with Gasteiger partial charge >= 0.3 is 5.97 Å². The van der Waals surface area contributed by atoms with Gasteiger partial charge < -0.3 is 29.5 Å². The highest BCUT2D eigenvalue weighted by atomic mass is 35.5. The molecular formula is C40H49ClN6O3. The molecule has 10 heteroatoms. The van der Waals surface area contributed by atoms with Crippen molar-refractivity contribution < 1.29 is 14.6 Å². The number of carboxylic acid groups (broad SMARTS) is 1. The number of aromatic nitrogens is 3. The van der Waals surface area contributed by atoms with Crippen LogP contribution in [0.3, 0.4) is 0 Å². The van der Waals surface area contributed by atoms with E-state index in [1.807, 2.05) is 66.5 Å². The fourth-order valence-corrected chi connectivity index (χ4v) is 8.48. The van der Waals surface area contributed by atoms with Crippen molar-refractivity contribution in [3.8, 4) is 16.9 Å². The molecule has 4 heterocycles. The van der Waals surface area contributed by atoms with Crippen LogP contribution in [0.5, 0.6) is 5.75 Å². The number of aromatic carboxylic acids is 1. The van der Waals surface area contributed by atoms with Crippen molar-refractivity contribution in [2.75, 3.05) is 59.0 Å². The van der Waals surface area contributed by atoms with Gasteiger partial charge in [-0.3, -0.25) is 4.68 Å². The molecular weight excluding hydrogens is 648 g/mol. The number of carboxylic acids is 1. The largest absolute Gasteiger partial charge is 0.493 e. The standard InChI is InChI=1S/C40H49ClN6O3/c1-27-36(28(2)44(3)43-27)37-34(41)14-13-33-32(11-7-25-50-35-12-6-9-30-8-4-5-10-31(30)35)39(40(48)49)47(38(33)37)24-23-45-19-15-29(16-20-45)26-46-21-17-42-18-22-46/h4-6,8-10,12-14,29,42H,7,11,15-26H2,1-3H3,(H,48,49). The van der Waals surface area contributed by atoms with E-state index in [1.54, 1.807) is 0 Å². The minimum Gasteiger partial charge on any atom is -0.493 e. The van der Waals surface area contributed by atoms with Crippen molar-refractivity contribution >= 4 is 39.2 Å². The number of ether oxygens (including phenoxy) is 1. The van der Waals surface area contributed by atoms with Crippen LogP contribution in [0.25, 0.3) is 32.8 Å². The van der Waals surface area contributed by atoms with Gasteiger partial charge in [0.25, 0.3) is 0 Å². The highest BCUT2D eigenvalue weighted by molar-refractivity contribution is 6.35. The Labute approximate surface area is 299 Å². The SMILES string of the molecule is Cc1nn(C)c(C)c1-c1c(Cl)ccc2c(CCCOc3cccc4ccccc34)c(C(=O)O)n(CCN3CCC(CN4CCNCC4)CC3)c12. The number of hydrogen-bond donors (Lipinski definition) is 2. The van der Waals surface area contributed by atoms with Crippen molar-refractivity contribution in [2.45, 2.75) is 46.1 Å². The summed E-state index contributed by atoms with van der Waals surface area (Å²) in [7, 11) is 1.94. The van der Waals surface area contributed by atoms with Crippen LogP contribution in [0.15, 0.2) is 54.6 Å². The van der Waals surface area contributed by atoms with E-state index in [4.69, 9.17) is 21.4 Å². The Balaban J connectivity index is 1.17. The summed E-state index contributed by atoms with van der Waals surface area (Å²) in [6.45, 7) is 13.6. The van der Waals surface area contributed by atoms with Gasteiger partial charge in [-0.15, -0.1) is 0 Å². The molecule has 5 aromatic rings. The van der Waals surface area contributed by atoms with Gasteiger partial charge in [0.05, 0.1) is 22.8 Å². The third-order valence-electron chi connectivity index (χ3n) is 10.9. The number of piperidine rings is 1. The molecule has 2 aliphatic heterocycles. The topological polar surface area (TPSA) is 87.8 Å². The van der Waals surface area contributed by atoms with Crippen molar-refractivity contribution in [3.05, 3.63) is 82.3 Å². The Morgan fingerprint density at radius 3 is 2.44 bits per heavy atom. The monoisotopic (exact) mass is 696 g/mol. The summed E-state index contributed by atoms with van der Waals surface area (Å²) in [6, 6.07) is 18.2. The van der Waals surface area contributed by atoms with Crippen LogP contribution < -0.4 is 10.1 Å². The number of hydrogen-bond acceptors (Lipinski definition) is 6. The summed E-state index contributed by atoms with van der Waals surface area (Å²) < 4.78 is 10.2. The number of nitrogens with one attached hydrogen (secondary N) is 1. The average molecular weight is 697 g/mol. The number of carbonyl (C=O) groups is 1. The van der Waals surface area contributed by atoms with E-state index in [2.05, 4.69) is 33.3 Å².